The van der Waals surface area contributed by atoms with Gasteiger partial charge in [-0.3, -0.25) is 0 Å². The highest BCUT2D eigenvalue weighted by molar-refractivity contribution is 5.37. The monoisotopic (exact) mass is 235 g/mol. The van der Waals surface area contributed by atoms with Crippen LogP contribution in [0.15, 0.2) is 42.7 Å². The topological polar surface area (TPSA) is 34.4 Å². The van der Waals surface area contributed by atoms with E-state index in [0.29, 0.717) is 11.3 Å². The van der Waals surface area contributed by atoms with Gasteiger partial charge in [0.05, 0.1) is 12.3 Å². The van der Waals surface area contributed by atoms with Crippen LogP contribution in [0.5, 0.6) is 0 Å². The number of nitrogens with zero attached hydrogens (tertiary/aromatic N) is 1. The number of benzene rings is 1. The zero-order valence-electron chi connectivity index (χ0n) is 9.51. The van der Waals surface area contributed by atoms with Crippen molar-refractivity contribution in [2.24, 2.45) is 0 Å². The highest BCUT2D eigenvalue weighted by Crippen LogP contribution is 2.20. The van der Waals surface area contributed by atoms with E-state index >= 15 is 0 Å². The molecule has 0 bridgehead atoms. The predicted octanol–water partition coefficient (Wildman–Crippen LogP) is 2.30. The van der Waals surface area contributed by atoms with Gasteiger partial charge in [0.1, 0.15) is 11.9 Å². The lowest BCUT2D eigenvalue weighted by molar-refractivity contribution is 0.0642. The largest absolute Gasteiger partial charge is 0.386 e. The molecule has 1 heterocycles. The van der Waals surface area contributed by atoms with E-state index in [1.807, 2.05) is 12.1 Å². The molecule has 0 fully saturated rings. The minimum absolute atomic E-state index is 0.155. The normalized spacial score (nSPS) is 12.6. The van der Waals surface area contributed by atoms with E-state index in [9.17, 15) is 9.50 Å². The number of methoxy groups -OCH3 is 1. The molecule has 0 spiro atoms. The van der Waals surface area contributed by atoms with Crippen LogP contribution in [0.1, 0.15) is 11.7 Å². The average molecular weight is 235 g/mol. The maximum atomic E-state index is 13.8. The van der Waals surface area contributed by atoms with Gasteiger partial charge in [0.25, 0.3) is 0 Å². The van der Waals surface area contributed by atoms with E-state index in [-0.39, 0.29) is 12.4 Å². The number of aliphatic hydroxyl groups is 1. The molecule has 3 nitrogen and oxygen atoms in total. The summed E-state index contributed by atoms with van der Waals surface area (Å²) in [6.45, 7) is 0.155. The van der Waals surface area contributed by atoms with Crippen molar-refractivity contribution in [3.05, 3.63) is 54.1 Å². The minimum Gasteiger partial charge on any atom is -0.386 e. The Kier molecular flexibility index (Phi) is 3.56. The number of rotatable bonds is 4. The summed E-state index contributed by atoms with van der Waals surface area (Å²) in [5.41, 5.74) is 0.976. The van der Waals surface area contributed by atoms with Crippen LogP contribution in [0.4, 0.5) is 4.39 Å². The molecule has 1 N–H and O–H groups in total. The Labute approximate surface area is 99.1 Å². The van der Waals surface area contributed by atoms with Gasteiger partial charge >= 0.3 is 0 Å². The lowest BCUT2D eigenvalue weighted by Gasteiger charge is -2.12. The lowest BCUT2D eigenvalue weighted by Crippen LogP contribution is -2.06. The molecule has 2 aromatic rings. The number of aliphatic hydroxyl groups excluding tert-OH is 1. The van der Waals surface area contributed by atoms with Crippen LogP contribution in [0.3, 0.4) is 0 Å². The molecular formula is C13H14FNO2. The minimum atomic E-state index is -0.798. The SMILES string of the molecule is COC[C@@H](O)c1ccc(-n2cccc2)c(F)c1. The van der Waals surface area contributed by atoms with Crippen LogP contribution < -0.4 is 0 Å². The van der Waals surface area contributed by atoms with Crippen LogP contribution in [0, 0.1) is 5.82 Å². The number of aromatic nitrogens is 1. The number of ether oxygens (including phenoxy) is 1. The fraction of sp³-hybridized carbons (Fsp3) is 0.231. The van der Waals surface area contributed by atoms with E-state index < -0.39 is 6.10 Å². The molecule has 2 rings (SSSR count). The first-order valence-electron chi connectivity index (χ1n) is 5.32. The number of halogens is 1. The third-order valence-corrected chi connectivity index (χ3v) is 2.56. The zero-order valence-corrected chi connectivity index (χ0v) is 9.51. The molecule has 0 saturated heterocycles. The fourth-order valence-electron chi connectivity index (χ4n) is 1.69. The Hall–Kier alpha value is -1.65. The molecule has 0 radical (unpaired) electrons. The molecule has 0 aliphatic heterocycles. The van der Waals surface area contributed by atoms with Crippen LogP contribution >= 0.6 is 0 Å². The second kappa shape index (κ2) is 5.12. The maximum absolute atomic E-state index is 13.8. The predicted molar refractivity (Wildman–Crippen MR) is 62.6 cm³/mol. The van der Waals surface area contributed by atoms with Crippen molar-refractivity contribution in [1.29, 1.82) is 0 Å². The van der Waals surface area contributed by atoms with Gasteiger partial charge in [-0.25, -0.2) is 4.39 Å². The molecule has 90 valence electrons. The summed E-state index contributed by atoms with van der Waals surface area (Å²) in [4.78, 5) is 0. The van der Waals surface area contributed by atoms with Crippen molar-refractivity contribution >= 4 is 0 Å². The Morgan fingerprint density at radius 1 is 1.35 bits per heavy atom. The average Bonchev–Trinajstić information content (AvgIpc) is 2.82. The van der Waals surface area contributed by atoms with E-state index in [0.717, 1.165) is 0 Å². The first kappa shape index (κ1) is 11.8. The Balaban J connectivity index is 2.29. The van der Waals surface area contributed by atoms with Gasteiger partial charge in [-0.15, -0.1) is 0 Å². The van der Waals surface area contributed by atoms with Crippen molar-refractivity contribution in [3.8, 4) is 5.69 Å². The van der Waals surface area contributed by atoms with Gasteiger partial charge in [-0.2, -0.15) is 0 Å². The van der Waals surface area contributed by atoms with Gasteiger partial charge in [0, 0.05) is 19.5 Å². The van der Waals surface area contributed by atoms with Gasteiger partial charge in [-0.05, 0) is 29.8 Å². The summed E-state index contributed by atoms with van der Waals surface area (Å²) in [5.74, 6) is -0.367. The van der Waals surface area contributed by atoms with Gasteiger partial charge in [-0.1, -0.05) is 6.07 Å². The van der Waals surface area contributed by atoms with Crippen molar-refractivity contribution in [2.45, 2.75) is 6.10 Å². The van der Waals surface area contributed by atoms with Gasteiger partial charge < -0.3 is 14.4 Å². The zero-order chi connectivity index (χ0) is 12.3. The highest BCUT2D eigenvalue weighted by Gasteiger charge is 2.11. The molecule has 0 unspecified atom stereocenters. The molecular weight excluding hydrogens is 221 g/mol. The lowest BCUT2D eigenvalue weighted by atomic mass is 10.1. The first-order chi connectivity index (χ1) is 8.22. The molecule has 0 saturated carbocycles. The van der Waals surface area contributed by atoms with Crippen molar-refractivity contribution in [2.75, 3.05) is 13.7 Å². The van der Waals surface area contributed by atoms with E-state index in [4.69, 9.17) is 4.74 Å². The Bertz CT molecular complexity index is 482. The van der Waals surface area contributed by atoms with Crippen LogP contribution in [-0.4, -0.2) is 23.4 Å². The maximum Gasteiger partial charge on any atom is 0.147 e. The third kappa shape index (κ3) is 2.54. The van der Waals surface area contributed by atoms with E-state index in [1.165, 1.54) is 13.2 Å². The summed E-state index contributed by atoms with van der Waals surface area (Å²) in [6.07, 6.45) is 2.74. The summed E-state index contributed by atoms with van der Waals surface area (Å²) in [5, 5.41) is 9.67. The standard InChI is InChI=1S/C13H14FNO2/c1-17-9-13(16)10-4-5-12(11(14)8-10)15-6-2-3-7-15/h2-8,13,16H,9H2,1H3/t13-/m1/s1. The van der Waals surface area contributed by atoms with Gasteiger partial charge in [0.2, 0.25) is 0 Å². The summed E-state index contributed by atoms with van der Waals surface area (Å²) in [7, 11) is 1.49. The molecule has 4 heteroatoms. The smallest absolute Gasteiger partial charge is 0.147 e. The number of hydrogen-bond donors (Lipinski definition) is 1. The summed E-state index contributed by atoms with van der Waals surface area (Å²) < 4.78 is 20.3. The van der Waals surface area contributed by atoms with Crippen molar-refractivity contribution in [1.82, 2.24) is 4.57 Å². The summed E-state index contributed by atoms with van der Waals surface area (Å²) in [6, 6.07) is 8.32. The molecule has 0 amide bonds. The highest BCUT2D eigenvalue weighted by atomic mass is 19.1. The number of hydrogen-bond acceptors (Lipinski definition) is 2. The van der Waals surface area contributed by atoms with E-state index in [2.05, 4.69) is 0 Å². The molecule has 0 aliphatic rings. The fourth-order valence-corrected chi connectivity index (χ4v) is 1.69. The molecule has 1 atom stereocenters. The van der Waals surface area contributed by atoms with Crippen LogP contribution in [-0.2, 0) is 4.74 Å². The molecule has 0 aliphatic carbocycles. The van der Waals surface area contributed by atoms with Crippen molar-refractivity contribution in [3.63, 3.8) is 0 Å². The Morgan fingerprint density at radius 2 is 2.06 bits per heavy atom. The Morgan fingerprint density at radius 3 is 2.65 bits per heavy atom. The van der Waals surface area contributed by atoms with Crippen LogP contribution in [0.25, 0.3) is 5.69 Å². The molecule has 17 heavy (non-hydrogen) atoms. The molecule has 1 aromatic carbocycles. The van der Waals surface area contributed by atoms with Crippen LogP contribution in [0.2, 0.25) is 0 Å². The quantitative estimate of drug-likeness (QED) is 0.882. The van der Waals surface area contributed by atoms with Crippen molar-refractivity contribution < 1.29 is 14.2 Å². The van der Waals surface area contributed by atoms with Gasteiger partial charge in [0.15, 0.2) is 0 Å². The first-order valence-corrected chi connectivity index (χ1v) is 5.32. The second-order valence-corrected chi connectivity index (χ2v) is 3.77. The molecule has 1 aromatic heterocycles. The third-order valence-electron chi connectivity index (χ3n) is 2.56. The second-order valence-electron chi connectivity index (χ2n) is 3.77. The van der Waals surface area contributed by atoms with E-state index in [1.54, 1.807) is 29.1 Å². The summed E-state index contributed by atoms with van der Waals surface area (Å²) >= 11 is 0.